The van der Waals surface area contributed by atoms with Crippen LogP contribution in [0.15, 0.2) is 42.5 Å². The number of aliphatic hydroxyl groups is 1. The molecule has 0 saturated heterocycles. The van der Waals surface area contributed by atoms with E-state index in [-0.39, 0.29) is 17.8 Å². The van der Waals surface area contributed by atoms with Crippen LogP contribution in [0, 0.1) is 5.82 Å². The lowest BCUT2D eigenvalue weighted by Gasteiger charge is -2.28. The third kappa shape index (κ3) is 5.14. The Morgan fingerprint density at radius 1 is 1.14 bits per heavy atom. The lowest BCUT2D eigenvalue weighted by Crippen LogP contribution is -2.45. The number of hydrogen-bond acceptors (Lipinski definition) is 4. The molecular weight excluding hydrogens is 508 g/mol. The van der Waals surface area contributed by atoms with Gasteiger partial charge in [0.15, 0.2) is 5.69 Å². The maximum absolute atomic E-state index is 13.5. The minimum Gasteiger partial charge on any atom is -0.391 e. The molecule has 1 aliphatic carbocycles. The maximum atomic E-state index is 13.5. The molecule has 2 heterocycles. The first-order valence-corrected chi connectivity index (χ1v) is 13.4. The quantitative estimate of drug-likeness (QED) is 0.424. The average molecular weight is 532 g/mol. The van der Waals surface area contributed by atoms with Gasteiger partial charge in [-0.1, -0.05) is 48.2 Å². The van der Waals surface area contributed by atoms with Gasteiger partial charge in [-0.25, -0.2) is 9.07 Å². The highest BCUT2D eigenvalue weighted by molar-refractivity contribution is 7.99. The molecule has 1 aromatic heterocycles. The van der Waals surface area contributed by atoms with Crippen LogP contribution in [-0.4, -0.2) is 38.7 Å². The molecule has 1 saturated carbocycles. The second-order valence-corrected chi connectivity index (χ2v) is 10.7. The van der Waals surface area contributed by atoms with Gasteiger partial charge in [0.25, 0.3) is 5.91 Å². The number of rotatable bonds is 4. The maximum Gasteiger partial charge on any atom is 0.272 e. The van der Waals surface area contributed by atoms with Crippen molar-refractivity contribution in [1.29, 1.82) is 0 Å². The Morgan fingerprint density at radius 2 is 1.91 bits per heavy atom. The fraction of sp³-hybridized carbons (Fsp3) is 0.308. The van der Waals surface area contributed by atoms with E-state index in [1.165, 1.54) is 12.1 Å². The summed E-state index contributed by atoms with van der Waals surface area (Å²) >= 11 is 14.4. The van der Waals surface area contributed by atoms with E-state index in [4.69, 9.17) is 28.3 Å². The number of fused-ring (bicyclic) bond motifs is 1. The van der Waals surface area contributed by atoms with Crippen molar-refractivity contribution in [2.45, 2.75) is 43.6 Å². The largest absolute Gasteiger partial charge is 0.391 e. The van der Waals surface area contributed by atoms with Gasteiger partial charge in [-0.3, -0.25) is 4.79 Å². The molecule has 0 spiro atoms. The van der Waals surface area contributed by atoms with Crippen molar-refractivity contribution in [3.05, 3.63) is 80.8 Å². The van der Waals surface area contributed by atoms with Crippen molar-refractivity contribution in [2.24, 2.45) is 0 Å². The van der Waals surface area contributed by atoms with Gasteiger partial charge in [0.2, 0.25) is 0 Å². The molecule has 5 nitrogen and oxygen atoms in total. The van der Waals surface area contributed by atoms with Crippen LogP contribution in [0.3, 0.4) is 0 Å². The van der Waals surface area contributed by atoms with Crippen molar-refractivity contribution in [3.8, 4) is 5.69 Å². The highest BCUT2D eigenvalue weighted by Gasteiger charge is 2.32. The van der Waals surface area contributed by atoms with Crippen LogP contribution in [0.2, 0.25) is 10.0 Å². The van der Waals surface area contributed by atoms with E-state index >= 15 is 0 Å². The number of halogens is 3. The fourth-order valence-corrected chi connectivity index (χ4v) is 6.15. The molecule has 1 amide bonds. The summed E-state index contributed by atoms with van der Waals surface area (Å²) in [6, 6.07) is 11.1. The van der Waals surface area contributed by atoms with Crippen molar-refractivity contribution in [2.75, 3.05) is 5.75 Å². The summed E-state index contributed by atoms with van der Waals surface area (Å²) in [5, 5.41) is 19.0. The van der Waals surface area contributed by atoms with Crippen molar-refractivity contribution >= 4 is 52.5 Å². The molecule has 182 valence electrons. The molecule has 2 atom stereocenters. The molecule has 0 unspecified atom stereocenters. The first kappa shape index (κ1) is 24.4. The lowest BCUT2D eigenvalue weighted by molar-refractivity contribution is 0.0713. The molecule has 1 fully saturated rings. The SMILES string of the molecule is O=C(N[C@@H]1CCCC[C@H]1O)c1nn(-c2ccc(Cl)cc2Cl)c2c1CSCC2=Cc1ccc(F)cc1. The summed E-state index contributed by atoms with van der Waals surface area (Å²) in [7, 11) is 0. The molecule has 2 aliphatic rings. The Labute approximate surface area is 217 Å². The summed E-state index contributed by atoms with van der Waals surface area (Å²) in [5.41, 5.74) is 4.34. The van der Waals surface area contributed by atoms with Crippen LogP contribution in [0.25, 0.3) is 17.3 Å². The van der Waals surface area contributed by atoms with Crippen molar-refractivity contribution in [1.82, 2.24) is 15.1 Å². The molecule has 2 aromatic carbocycles. The van der Waals surface area contributed by atoms with E-state index in [0.717, 1.165) is 41.7 Å². The van der Waals surface area contributed by atoms with Crippen LogP contribution in [0.1, 0.15) is 53.0 Å². The van der Waals surface area contributed by atoms with Crippen LogP contribution < -0.4 is 5.32 Å². The van der Waals surface area contributed by atoms with Gasteiger partial charge in [-0.15, -0.1) is 0 Å². The smallest absolute Gasteiger partial charge is 0.272 e. The number of carbonyl (C=O) groups excluding carboxylic acids is 1. The second-order valence-electron chi connectivity index (χ2n) is 8.83. The third-order valence-electron chi connectivity index (χ3n) is 6.40. The van der Waals surface area contributed by atoms with Crippen LogP contribution >= 0.6 is 35.0 Å². The molecule has 0 radical (unpaired) electrons. The predicted octanol–water partition coefficient (Wildman–Crippen LogP) is 6.14. The van der Waals surface area contributed by atoms with E-state index in [0.29, 0.717) is 39.4 Å². The Bertz CT molecular complexity index is 1290. The van der Waals surface area contributed by atoms with Crippen molar-refractivity contribution in [3.63, 3.8) is 0 Å². The number of benzene rings is 2. The predicted molar refractivity (Wildman–Crippen MR) is 140 cm³/mol. The van der Waals surface area contributed by atoms with Crippen molar-refractivity contribution < 1.29 is 14.3 Å². The normalized spacial score (nSPS) is 21.1. The van der Waals surface area contributed by atoms with Crippen LogP contribution in [0.4, 0.5) is 4.39 Å². The first-order valence-electron chi connectivity index (χ1n) is 11.5. The number of hydrogen-bond donors (Lipinski definition) is 2. The summed E-state index contributed by atoms with van der Waals surface area (Å²) in [4.78, 5) is 13.4. The number of amides is 1. The summed E-state index contributed by atoms with van der Waals surface area (Å²) in [5.74, 6) is 0.702. The molecular formula is C26H24Cl2FN3O2S. The van der Waals surface area contributed by atoms with E-state index < -0.39 is 6.10 Å². The molecule has 2 N–H and O–H groups in total. The van der Waals surface area contributed by atoms with Gasteiger partial charge < -0.3 is 10.4 Å². The first-order chi connectivity index (χ1) is 16.9. The van der Waals surface area contributed by atoms with Crippen LogP contribution in [-0.2, 0) is 5.75 Å². The Hall–Kier alpha value is -2.32. The summed E-state index contributed by atoms with van der Waals surface area (Å²) < 4.78 is 15.2. The molecule has 9 heteroatoms. The monoisotopic (exact) mass is 531 g/mol. The van der Waals surface area contributed by atoms with Gasteiger partial charge in [-0.2, -0.15) is 16.9 Å². The van der Waals surface area contributed by atoms with Gasteiger partial charge >= 0.3 is 0 Å². The van der Waals surface area contributed by atoms with Gasteiger partial charge in [0.05, 0.1) is 28.5 Å². The minimum atomic E-state index is -0.556. The molecule has 1 aliphatic heterocycles. The van der Waals surface area contributed by atoms with E-state index in [1.807, 2.05) is 6.08 Å². The molecule has 0 bridgehead atoms. The highest BCUT2D eigenvalue weighted by atomic mass is 35.5. The Morgan fingerprint density at radius 3 is 2.66 bits per heavy atom. The Balaban J connectivity index is 1.61. The fourth-order valence-electron chi connectivity index (χ4n) is 4.64. The third-order valence-corrected chi connectivity index (χ3v) is 7.95. The molecule has 5 rings (SSSR count). The second kappa shape index (κ2) is 10.3. The minimum absolute atomic E-state index is 0.290. The number of thioether (sulfide) groups is 1. The van der Waals surface area contributed by atoms with E-state index in [2.05, 4.69) is 5.32 Å². The van der Waals surface area contributed by atoms with Gasteiger partial charge in [0.1, 0.15) is 5.82 Å². The highest BCUT2D eigenvalue weighted by Crippen LogP contribution is 2.39. The number of nitrogens with zero attached hydrogens (tertiary/aromatic N) is 2. The Kier molecular flexibility index (Phi) is 7.21. The summed E-state index contributed by atoms with van der Waals surface area (Å²) in [6.07, 6.45) is 4.77. The average Bonchev–Trinajstić information content (AvgIpc) is 3.23. The zero-order chi connectivity index (χ0) is 24.5. The number of aromatic nitrogens is 2. The standard InChI is InChI=1S/C26H24Cl2FN3O2S/c27-17-7-10-22(20(28)12-17)32-25-16(11-15-5-8-18(29)9-6-15)13-35-14-19(25)24(31-32)26(34)30-21-3-1-2-4-23(21)33/h5-12,21,23,33H,1-4,13-14H2,(H,30,34)/t21-,23-/m1/s1. The van der Waals surface area contributed by atoms with Crippen LogP contribution in [0.5, 0.6) is 0 Å². The van der Waals surface area contributed by atoms with E-state index in [1.54, 1.807) is 46.8 Å². The topological polar surface area (TPSA) is 67.2 Å². The lowest BCUT2D eigenvalue weighted by atomic mass is 9.92. The summed E-state index contributed by atoms with van der Waals surface area (Å²) in [6.45, 7) is 0. The van der Waals surface area contributed by atoms with Gasteiger partial charge in [-0.05, 0) is 60.4 Å². The molecule has 3 aromatic rings. The number of aliphatic hydroxyl groups excluding tert-OH is 1. The number of nitrogens with one attached hydrogen (secondary N) is 1. The van der Waals surface area contributed by atoms with E-state index in [9.17, 15) is 14.3 Å². The van der Waals surface area contributed by atoms with Gasteiger partial charge in [0, 0.05) is 22.1 Å². The zero-order valence-electron chi connectivity index (χ0n) is 18.8. The number of carbonyl (C=O) groups is 1. The zero-order valence-corrected chi connectivity index (χ0v) is 21.1. The molecule has 35 heavy (non-hydrogen) atoms.